The van der Waals surface area contributed by atoms with Gasteiger partial charge in [-0.2, -0.15) is 5.26 Å². The van der Waals surface area contributed by atoms with Gasteiger partial charge in [0.15, 0.2) is 0 Å². The lowest BCUT2D eigenvalue weighted by atomic mass is 9.77. The number of nitriles is 1. The molecule has 1 fully saturated rings. The minimum absolute atomic E-state index is 0.000100. The van der Waals surface area contributed by atoms with Gasteiger partial charge in [0.25, 0.3) is 0 Å². The van der Waals surface area contributed by atoms with Crippen molar-refractivity contribution >= 4 is 11.6 Å². The van der Waals surface area contributed by atoms with Gasteiger partial charge < -0.3 is 0 Å². The lowest BCUT2D eigenvalue weighted by Gasteiger charge is -2.28. The normalized spacial score (nSPS) is 21.3. The zero-order valence-electron chi connectivity index (χ0n) is 16.6. The molecule has 2 aromatic carbocycles. The van der Waals surface area contributed by atoms with Crippen LogP contribution in [-0.4, -0.2) is 0 Å². The van der Waals surface area contributed by atoms with Gasteiger partial charge in [-0.05, 0) is 96.9 Å². The van der Waals surface area contributed by atoms with E-state index in [0.717, 1.165) is 42.7 Å². The molecule has 0 saturated heterocycles. The maximum Gasteiger partial charge on any atom is 0.141 e. The molecule has 1 saturated carbocycles. The van der Waals surface area contributed by atoms with Crippen LogP contribution in [0.2, 0.25) is 0 Å². The number of hydrogen-bond donors (Lipinski definition) is 0. The predicted molar refractivity (Wildman–Crippen MR) is 109 cm³/mol. The molecule has 0 aliphatic heterocycles. The topological polar surface area (TPSA) is 23.8 Å². The molecule has 0 spiro atoms. The van der Waals surface area contributed by atoms with Gasteiger partial charge in [0.05, 0.1) is 5.56 Å². The molecule has 2 aliphatic carbocycles. The largest absolute Gasteiger partial charge is 0.206 e. The van der Waals surface area contributed by atoms with Crippen molar-refractivity contribution < 1.29 is 13.2 Å². The summed E-state index contributed by atoms with van der Waals surface area (Å²) in [7, 11) is 0. The van der Waals surface area contributed by atoms with Gasteiger partial charge in [-0.25, -0.2) is 13.2 Å². The summed E-state index contributed by atoms with van der Waals surface area (Å²) in [5, 5.41) is 8.98. The third kappa shape index (κ3) is 3.83. The van der Waals surface area contributed by atoms with E-state index in [1.54, 1.807) is 6.08 Å². The molecule has 0 heterocycles. The minimum Gasteiger partial charge on any atom is -0.206 e. The van der Waals surface area contributed by atoms with Gasteiger partial charge in [0, 0.05) is 5.56 Å². The van der Waals surface area contributed by atoms with Crippen molar-refractivity contribution in [3.63, 3.8) is 0 Å². The highest BCUT2D eigenvalue weighted by Gasteiger charge is 2.25. The van der Waals surface area contributed by atoms with E-state index in [1.807, 2.05) is 6.07 Å². The molecule has 0 radical (unpaired) electrons. The Morgan fingerprint density at radius 2 is 1.62 bits per heavy atom. The van der Waals surface area contributed by atoms with Crippen LogP contribution in [0.4, 0.5) is 13.2 Å². The molecule has 0 N–H and O–H groups in total. The van der Waals surface area contributed by atoms with Crippen LogP contribution in [0.5, 0.6) is 0 Å². The molecule has 0 unspecified atom stereocenters. The van der Waals surface area contributed by atoms with Gasteiger partial charge >= 0.3 is 0 Å². The highest BCUT2D eigenvalue weighted by Crippen LogP contribution is 2.40. The SMILES string of the molecule is CCC1CCC(c2cc(F)c(C3=Cc4cc(F)c(C#N)cc4CC3)c(F)c2)CC1. The van der Waals surface area contributed by atoms with Crippen LogP contribution in [0, 0.1) is 34.7 Å². The number of allylic oxidation sites excluding steroid dienone is 1. The first-order valence-electron chi connectivity index (χ1n) is 10.4. The summed E-state index contributed by atoms with van der Waals surface area (Å²) in [6, 6.07) is 7.63. The van der Waals surface area contributed by atoms with Crippen molar-refractivity contribution in [3.05, 3.63) is 69.5 Å². The van der Waals surface area contributed by atoms with E-state index in [1.165, 1.54) is 30.7 Å². The number of halogens is 3. The van der Waals surface area contributed by atoms with E-state index in [4.69, 9.17) is 5.26 Å². The van der Waals surface area contributed by atoms with Crippen LogP contribution in [0.1, 0.15) is 79.2 Å². The Labute approximate surface area is 169 Å². The Hall–Kier alpha value is -2.54. The number of benzene rings is 2. The van der Waals surface area contributed by atoms with Crippen LogP contribution in [-0.2, 0) is 6.42 Å². The maximum atomic E-state index is 15.0. The van der Waals surface area contributed by atoms with E-state index in [-0.39, 0.29) is 17.0 Å². The third-order valence-electron chi connectivity index (χ3n) is 6.62. The fourth-order valence-electron chi connectivity index (χ4n) is 4.84. The lowest BCUT2D eigenvalue weighted by molar-refractivity contribution is 0.318. The van der Waals surface area contributed by atoms with E-state index >= 15 is 0 Å². The van der Waals surface area contributed by atoms with Crippen LogP contribution < -0.4 is 0 Å². The second-order valence-corrected chi connectivity index (χ2v) is 8.30. The van der Waals surface area contributed by atoms with E-state index in [9.17, 15) is 13.2 Å². The monoisotopic (exact) mass is 395 g/mol. The Morgan fingerprint density at radius 3 is 2.24 bits per heavy atom. The highest BCUT2D eigenvalue weighted by atomic mass is 19.1. The van der Waals surface area contributed by atoms with Gasteiger partial charge in [-0.1, -0.05) is 19.4 Å². The van der Waals surface area contributed by atoms with Crippen molar-refractivity contribution in [1.82, 2.24) is 0 Å². The first-order chi connectivity index (χ1) is 14.0. The molecule has 29 heavy (non-hydrogen) atoms. The average molecular weight is 395 g/mol. The molecule has 0 atom stereocenters. The number of fused-ring (bicyclic) bond motifs is 1. The Balaban J connectivity index is 1.64. The van der Waals surface area contributed by atoms with Gasteiger partial charge in [0.2, 0.25) is 0 Å². The first kappa shape index (κ1) is 19.8. The second-order valence-electron chi connectivity index (χ2n) is 8.30. The molecule has 4 heteroatoms. The number of rotatable bonds is 3. The molecule has 2 aliphatic rings. The van der Waals surface area contributed by atoms with E-state index in [0.29, 0.717) is 24.0 Å². The summed E-state index contributed by atoms with van der Waals surface area (Å²) in [5.74, 6) is -0.740. The van der Waals surface area contributed by atoms with Crippen molar-refractivity contribution in [2.24, 2.45) is 5.92 Å². The Kier molecular flexibility index (Phi) is 5.50. The summed E-state index contributed by atoms with van der Waals surface area (Å²) < 4.78 is 43.9. The Morgan fingerprint density at radius 1 is 0.931 bits per heavy atom. The van der Waals surface area contributed by atoms with Crippen molar-refractivity contribution in [1.29, 1.82) is 5.26 Å². The summed E-state index contributed by atoms with van der Waals surface area (Å²) >= 11 is 0. The number of hydrogen-bond acceptors (Lipinski definition) is 1. The van der Waals surface area contributed by atoms with Crippen LogP contribution in [0.3, 0.4) is 0 Å². The zero-order chi connectivity index (χ0) is 20.5. The quantitative estimate of drug-likeness (QED) is 0.541. The highest BCUT2D eigenvalue weighted by molar-refractivity contribution is 5.85. The standard InChI is InChI=1S/C25H24F3N/c1-2-15-3-5-16(6-4-15)20-12-23(27)25(24(28)13-20)18-8-7-17-9-21(14-29)22(26)11-19(17)10-18/h9-13,15-16H,2-8H2,1H3. The van der Waals surface area contributed by atoms with Crippen molar-refractivity contribution in [2.75, 3.05) is 0 Å². The van der Waals surface area contributed by atoms with Crippen LogP contribution >= 0.6 is 0 Å². The van der Waals surface area contributed by atoms with E-state index < -0.39 is 17.5 Å². The molecular weight excluding hydrogens is 371 g/mol. The summed E-state index contributed by atoms with van der Waals surface area (Å²) in [4.78, 5) is 0. The summed E-state index contributed by atoms with van der Waals surface area (Å²) in [6.45, 7) is 2.20. The van der Waals surface area contributed by atoms with Gasteiger partial charge in [-0.15, -0.1) is 0 Å². The van der Waals surface area contributed by atoms with E-state index in [2.05, 4.69) is 6.92 Å². The smallest absolute Gasteiger partial charge is 0.141 e. The second kappa shape index (κ2) is 8.06. The molecule has 1 nitrogen and oxygen atoms in total. The Bertz CT molecular complexity index is 984. The van der Waals surface area contributed by atoms with Crippen molar-refractivity contribution in [2.45, 2.75) is 57.8 Å². The van der Waals surface area contributed by atoms with Gasteiger partial charge in [-0.3, -0.25) is 0 Å². The molecular formula is C25H24F3N. The first-order valence-corrected chi connectivity index (χ1v) is 10.4. The number of aryl methyl sites for hydroxylation is 1. The van der Waals surface area contributed by atoms with Gasteiger partial charge in [0.1, 0.15) is 23.5 Å². The summed E-state index contributed by atoms with van der Waals surface area (Å²) in [6.07, 6.45) is 7.99. The maximum absolute atomic E-state index is 15.0. The molecule has 0 bridgehead atoms. The minimum atomic E-state index is -0.609. The fourth-order valence-corrected chi connectivity index (χ4v) is 4.84. The van der Waals surface area contributed by atoms with Crippen molar-refractivity contribution in [3.8, 4) is 6.07 Å². The molecule has 0 amide bonds. The molecule has 2 aromatic rings. The number of nitrogens with zero attached hydrogens (tertiary/aromatic N) is 1. The molecule has 0 aromatic heterocycles. The van der Waals surface area contributed by atoms with Crippen LogP contribution in [0.25, 0.3) is 11.6 Å². The average Bonchev–Trinajstić information content (AvgIpc) is 2.72. The summed E-state index contributed by atoms with van der Waals surface area (Å²) in [5.41, 5.74) is 2.70. The molecule has 4 rings (SSSR count). The lowest BCUT2D eigenvalue weighted by Crippen LogP contribution is -2.13. The fraction of sp³-hybridized carbons (Fsp3) is 0.400. The zero-order valence-corrected chi connectivity index (χ0v) is 16.6. The molecule has 150 valence electrons. The predicted octanol–water partition coefficient (Wildman–Crippen LogP) is 7.15. The third-order valence-corrected chi connectivity index (χ3v) is 6.62. The van der Waals surface area contributed by atoms with Crippen LogP contribution in [0.15, 0.2) is 24.3 Å².